The van der Waals surface area contributed by atoms with Crippen LogP contribution in [0.2, 0.25) is 5.02 Å². The minimum absolute atomic E-state index is 0.0377. The number of halogens is 1. The van der Waals surface area contributed by atoms with E-state index in [-0.39, 0.29) is 10.9 Å². The van der Waals surface area contributed by atoms with Crippen molar-refractivity contribution in [1.82, 2.24) is 9.62 Å². The molecule has 0 saturated heterocycles. The molecule has 1 aliphatic carbocycles. The van der Waals surface area contributed by atoms with Crippen molar-refractivity contribution in [2.45, 2.75) is 37.2 Å². The average molecular weight is 317 g/mol. The fourth-order valence-corrected chi connectivity index (χ4v) is 4.04. The smallest absolute Gasteiger partial charge is 0.243 e. The van der Waals surface area contributed by atoms with Crippen LogP contribution in [0, 0.1) is 5.92 Å². The van der Waals surface area contributed by atoms with E-state index in [1.54, 1.807) is 25.2 Å². The quantitative estimate of drug-likeness (QED) is 0.877. The molecule has 1 unspecified atom stereocenters. The summed E-state index contributed by atoms with van der Waals surface area (Å²) in [6, 6.07) is 4.97. The van der Waals surface area contributed by atoms with Crippen LogP contribution in [0.5, 0.6) is 0 Å². The van der Waals surface area contributed by atoms with E-state index in [4.69, 9.17) is 11.6 Å². The Labute approximate surface area is 126 Å². The SMILES string of the molecule is CNCc1ccc(S(=O)(=O)N(C)C(C)C2CC2)cc1Cl. The summed E-state index contributed by atoms with van der Waals surface area (Å²) < 4.78 is 26.6. The molecule has 1 saturated carbocycles. The normalized spacial score (nSPS) is 17.4. The Morgan fingerprint density at radius 1 is 1.45 bits per heavy atom. The number of nitrogens with one attached hydrogen (secondary N) is 1. The van der Waals surface area contributed by atoms with E-state index in [2.05, 4.69) is 5.32 Å². The Hall–Kier alpha value is -0.620. The van der Waals surface area contributed by atoms with E-state index >= 15 is 0 Å². The third kappa shape index (κ3) is 3.17. The predicted octanol–water partition coefficient (Wildman–Crippen LogP) is 2.48. The van der Waals surface area contributed by atoms with Crippen LogP contribution in [0.15, 0.2) is 23.1 Å². The molecule has 4 nitrogen and oxygen atoms in total. The number of hydrogen-bond acceptors (Lipinski definition) is 3. The largest absolute Gasteiger partial charge is 0.316 e. The van der Waals surface area contributed by atoms with E-state index < -0.39 is 10.0 Å². The first-order chi connectivity index (χ1) is 9.37. The van der Waals surface area contributed by atoms with E-state index in [9.17, 15) is 8.42 Å². The summed E-state index contributed by atoms with van der Waals surface area (Å²) in [5, 5.41) is 3.48. The van der Waals surface area contributed by atoms with Crippen LogP contribution < -0.4 is 5.32 Å². The summed E-state index contributed by atoms with van der Waals surface area (Å²) in [4.78, 5) is 0.261. The highest BCUT2D eigenvalue weighted by Gasteiger charge is 2.36. The maximum Gasteiger partial charge on any atom is 0.243 e. The molecule has 112 valence electrons. The van der Waals surface area contributed by atoms with Crippen LogP contribution in [0.4, 0.5) is 0 Å². The van der Waals surface area contributed by atoms with E-state index in [1.165, 1.54) is 4.31 Å². The molecule has 20 heavy (non-hydrogen) atoms. The molecule has 1 aromatic carbocycles. The molecular formula is C14H21ClN2O2S. The number of sulfonamides is 1. The lowest BCUT2D eigenvalue weighted by atomic mass is 10.2. The van der Waals surface area contributed by atoms with Crippen LogP contribution in [0.3, 0.4) is 0 Å². The maximum absolute atomic E-state index is 12.6. The third-order valence-corrected chi connectivity index (χ3v) is 6.24. The summed E-state index contributed by atoms with van der Waals surface area (Å²) in [6.45, 7) is 2.58. The van der Waals surface area contributed by atoms with E-state index in [0.717, 1.165) is 18.4 Å². The molecule has 1 atom stereocenters. The Morgan fingerprint density at radius 2 is 2.10 bits per heavy atom. The fraction of sp³-hybridized carbons (Fsp3) is 0.571. The van der Waals surface area contributed by atoms with Crippen molar-refractivity contribution in [3.05, 3.63) is 28.8 Å². The highest BCUT2D eigenvalue weighted by molar-refractivity contribution is 7.89. The zero-order chi connectivity index (χ0) is 14.9. The van der Waals surface area contributed by atoms with E-state index in [0.29, 0.717) is 17.5 Å². The summed E-state index contributed by atoms with van der Waals surface area (Å²) >= 11 is 6.15. The zero-order valence-electron chi connectivity index (χ0n) is 12.1. The Kier molecular flexibility index (Phi) is 4.74. The molecule has 1 N–H and O–H groups in total. The van der Waals surface area contributed by atoms with Crippen LogP contribution in [0.25, 0.3) is 0 Å². The molecule has 1 aromatic rings. The first-order valence-corrected chi connectivity index (χ1v) is 8.60. The standard InChI is InChI=1S/C14H21ClN2O2S/c1-10(11-4-5-11)17(3)20(18,19)13-7-6-12(9-16-2)14(15)8-13/h6-8,10-11,16H,4-5,9H2,1-3H3. The van der Waals surface area contributed by atoms with Gasteiger partial charge in [0.2, 0.25) is 10.0 Å². The van der Waals surface area contributed by atoms with Gasteiger partial charge in [0.15, 0.2) is 0 Å². The number of nitrogens with zero attached hydrogens (tertiary/aromatic N) is 1. The van der Waals surface area contributed by atoms with Gasteiger partial charge in [-0.05, 0) is 50.4 Å². The topological polar surface area (TPSA) is 49.4 Å². The van der Waals surface area contributed by atoms with Crippen molar-refractivity contribution < 1.29 is 8.42 Å². The van der Waals surface area contributed by atoms with Gasteiger partial charge in [0.1, 0.15) is 0 Å². The van der Waals surface area contributed by atoms with Crippen molar-refractivity contribution in [1.29, 1.82) is 0 Å². The van der Waals surface area contributed by atoms with Crippen molar-refractivity contribution in [3.63, 3.8) is 0 Å². The van der Waals surface area contributed by atoms with Crippen molar-refractivity contribution in [2.24, 2.45) is 5.92 Å². The lowest BCUT2D eigenvalue weighted by Gasteiger charge is -2.24. The van der Waals surface area contributed by atoms with Gasteiger partial charge in [-0.1, -0.05) is 17.7 Å². The molecule has 0 heterocycles. The number of hydrogen-bond donors (Lipinski definition) is 1. The molecule has 0 bridgehead atoms. The predicted molar refractivity (Wildman–Crippen MR) is 81.4 cm³/mol. The molecule has 0 amide bonds. The third-order valence-electron chi connectivity index (χ3n) is 3.95. The zero-order valence-corrected chi connectivity index (χ0v) is 13.6. The van der Waals surface area contributed by atoms with Crippen LogP contribution >= 0.6 is 11.6 Å². The second-order valence-corrected chi connectivity index (χ2v) is 7.79. The van der Waals surface area contributed by atoms with E-state index in [1.807, 2.05) is 14.0 Å². The second-order valence-electron chi connectivity index (χ2n) is 5.38. The van der Waals surface area contributed by atoms with Gasteiger partial charge in [0, 0.05) is 24.7 Å². The molecule has 0 aliphatic heterocycles. The van der Waals surface area contributed by atoms with Gasteiger partial charge in [0.05, 0.1) is 4.90 Å². The van der Waals surface area contributed by atoms with Crippen LogP contribution in [-0.2, 0) is 16.6 Å². The molecule has 0 spiro atoms. The van der Waals surface area contributed by atoms with Gasteiger partial charge >= 0.3 is 0 Å². The monoisotopic (exact) mass is 316 g/mol. The molecule has 2 rings (SSSR count). The number of benzene rings is 1. The lowest BCUT2D eigenvalue weighted by molar-refractivity contribution is 0.357. The first-order valence-electron chi connectivity index (χ1n) is 6.79. The van der Waals surface area contributed by atoms with Gasteiger partial charge in [-0.2, -0.15) is 4.31 Å². The summed E-state index contributed by atoms with van der Waals surface area (Å²) in [5.74, 6) is 0.494. The minimum atomic E-state index is -3.47. The number of rotatable bonds is 6. The van der Waals surface area contributed by atoms with Gasteiger partial charge in [-0.15, -0.1) is 0 Å². The van der Waals surface area contributed by atoms with Crippen molar-refractivity contribution in [2.75, 3.05) is 14.1 Å². The Bertz CT molecular complexity index is 585. The van der Waals surface area contributed by atoms with Gasteiger partial charge in [0.25, 0.3) is 0 Å². The first kappa shape index (κ1) is 15.8. The van der Waals surface area contributed by atoms with Gasteiger partial charge < -0.3 is 5.32 Å². The molecule has 0 radical (unpaired) electrons. The Balaban J connectivity index is 2.26. The minimum Gasteiger partial charge on any atom is -0.316 e. The molecule has 6 heteroatoms. The lowest BCUT2D eigenvalue weighted by Crippen LogP contribution is -2.36. The van der Waals surface area contributed by atoms with Crippen LogP contribution in [0.1, 0.15) is 25.3 Å². The molecule has 1 fully saturated rings. The highest BCUT2D eigenvalue weighted by atomic mass is 35.5. The van der Waals surface area contributed by atoms with Crippen LogP contribution in [-0.4, -0.2) is 32.9 Å². The Morgan fingerprint density at radius 3 is 2.60 bits per heavy atom. The van der Waals surface area contributed by atoms with Gasteiger partial charge in [-0.25, -0.2) is 8.42 Å². The average Bonchev–Trinajstić information content (AvgIpc) is 3.23. The molecular weight excluding hydrogens is 296 g/mol. The van der Waals surface area contributed by atoms with Crippen molar-refractivity contribution >= 4 is 21.6 Å². The molecule has 1 aliphatic rings. The summed E-state index contributed by atoms with van der Waals surface area (Å²) in [6.07, 6.45) is 2.23. The highest BCUT2D eigenvalue weighted by Crippen LogP contribution is 2.36. The maximum atomic E-state index is 12.6. The molecule has 0 aromatic heterocycles. The fourth-order valence-electron chi connectivity index (χ4n) is 2.28. The van der Waals surface area contributed by atoms with Gasteiger partial charge in [-0.3, -0.25) is 0 Å². The second kappa shape index (κ2) is 6.02. The summed E-state index contributed by atoms with van der Waals surface area (Å²) in [7, 11) is 0.00307. The van der Waals surface area contributed by atoms with Crippen molar-refractivity contribution in [3.8, 4) is 0 Å². The summed E-state index contributed by atoms with van der Waals surface area (Å²) in [5.41, 5.74) is 0.894.